The molecule has 0 saturated carbocycles. The molecule has 0 aliphatic carbocycles. The molecule has 17 heavy (non-hydrogen) atoms. The maximum Gasteiger partial charge on any atom is 0.161 e. The molecule has 3 nitrogen and oxygen atoms in total. The van der Waals surface area contributed by atoms with Crippen LogP contribution in [0.15, 0.2) is 18.2 Å². The average molecular weight is 232 g/mol. The molecule has 3 heteroatoms. The van der Waals surface area contributed by atoms with Crippen molar-refractivity contribution < 1.29 is 4.79 Å². The third kappa shape index (κ3) is 2.43. The summed E-state index contributed by atoms with van der Waals surface area (Å²) in [6, 6.07) is 5.74. The first-order chi connectivity index (χ1) is 7.89. The predicted octanol–water partition coefficient (Wildman–Crippen LogP) is 2.71. The van der Waals surface area contributed by atoms with Crippen LogP contribution in [0.25, 0.3) is 0 Å². The number of hydrogen-bond donors (Lipinski definition) is 1. The van der Waals surface area contributed by atoms with Gasteiger partial charge in [-0.3, -0.25) is 4.79 Å². The quantitative estimate of drug-likeness (QED) is 0.630. The number of ketones is 1. The molecule has 0 unspecified atom stereocenters. The fourth-order valence-corrected chi connectivity index (χ4v) is 2.40. The van der Waals surface area contributed by atoms with E-state index >= 15 is 0 Å². The molecule has 0 spiro atoms. The van der Waals surface area contributed by atoms with Gasteiger partial charge in [0.1, 0.15) is 0 Å². The van der Waals surface area contributed by atoms with E-state index in [9.17, 15) is 4.79 Å². The summed E-state index contributed by atoms with van der Waals surface area (Å²) in [6.07, 6.45) is 1.20. The Hall–Kier alpha value is -1.51. The Morgan fingerprint density at radius 1 is 1.41 bits per heavy atom. The van der Waals surface area contributed by atoms with E-state index in [1.807, 2.05) is 18.2 Å². The Morgan fingerprint density at radius 3 is 2.59 bits per heavy atom. The molecule has 1 aromatic carbocycles. The van der Waals surface area contributed by atoms with E-state index in [1.54, 1.807) is 6.92 Å². The van der Waals surface area contributed by atoms with Crippen LogP contribution in [0.3, 0.4) is 0 Å². The lowest BCUT2D eigenvalue weighted by atomic mass is 9.93. The first kappa shape index (κ1) is 12.0. The SMILES string of the molecule is CC(=O)c1ccc(N2CCC(C)(C)C2)cc1N. The van der Waals surface area contributed by atoms with Crippen LogP contribution in [0.5, 0.6) is 0 Å². The molecule has 0 aromatic heterocycles. The highest BCUT2D eigenvalue weighted by molar-refractivity contribution is 5.99. The molecule has 2 N–H and O–H groups in total. The van der Waals surface area contributed by atoms with E-state index in [0.29, 0.717) is 16.7 Å². The molecule has 0 atom stereocenters. The van der Waals surface area contributed by atoms with Crippen molar-refractivity contribution in [3.05, 3.63) is 23.8 Å². The van der Waals surface area contributed by atoms with Gasteiger partial charge in [0.05, 0.1) is 0 Å². The maximum absolute atomic E-state index is 11.3. The summed E-state index contributed by atoms with van der Waals surface area (Å²) in [5, 5.41) is 0. The number of nitrogens with zero attached hydrogens (tertiary/aromatic N) is 1. The van der Waals surface area contributed by atoms with Gasteiger partial charge in [-0.05, 0) is 37.0 Å². The molecule has 0 radical (unpaired) electrons. The van der Waals surface area contributed by atoms with E-state index in [-0.39, 0.29) is 5.78 Å². The molecule has 1 heterocycles. The number of benzene rings is 1. The molecule has 0 amide bonds. The highest BCUT2D eigenvalue weighted by Gasteiger charge is 2.29. The smallest absolute Gasteiger partial charge is 0.161 e. The number of anilines is 2. The Kier molecular flexibility index (Phi) is 2.86. The van der Waals surface area contributed by atoms with Crippen LogP contribution in [0.2, 0.25) is 0 Å². The minimum Gasteiger partial charge on any atom is -0.398 e. The Labute approximate surface area is 103 Å². The first-order valence-corrected chi connectivity index (χ1v) is 6.04. The van der Waals surface area contributed by atoms with Gasteiger partial charge in [-0.2, -0.15) is 0 Å². The second-order valence-electron chi connectivity index (χ2n) is 5.66. The van der Waals surface area contributed by atoms with Crippen LogP contribution in [-0.4, -0.2) is 18.9 Å². The fourth-order valence-electron chi connectivity index (χ4n) is 2.40. The van der Waals surface area contributed by atoms with E-state index in [0.717, 1.165) is 18.8 Å². The van der Waals surface area contributed by atoms with Gasteiger partial charge < -0.3 is 10.6 Å². The largest absolute Gasteiger partial charge is 0.398 e. The Balaban J connectivity index is 2.24. The van der Waals surface area contributed by atoms with Gasteiger partial charge in [0.15, 0.2) is 5.78 Å². The number of hydrogen-bond acceptors (Lipinski definition) is 3. The minimum atomic E-state index is 0.0239. The number of carbonyl (C=O) groups excluding carboxylic acids is 1. The lowest BCUT2D eigenvalue weighted by Crippen LogP contribution is -2.22. The van der Waals surface area contributed by atoms with Crippen molar-refractivity contribution in [1.82, 2.24) is 0 Å². The molecule has 92 valence electrons. The van der Waals surface area contributed by atoms with Crippen LogP contribution in [0, 0.1) is 5.41 Å². The maximum atomic E-state index is 11.3. The Bertz CT molecular complexity index is 452. The summed E-state index contributed by atoms with van der Waals surface area (Å²) in [7, 11) is 0. The van der Waals surface area contributed by atoms with Gasteiger partial charge in [0.25, 0.3) is 0 Å². The van der Waals surface area contributed by atoms with Crippen molar-refractivity contribution in [3.63, 3.8) is 0 Å². The van der Waals surface area contributed by atoms with Crippen molar-refractivity contribution in [2.75, 3.05) is 23.7 Å². The van der Waals surface area contributed by atoms with Gasteiger partial charge in [-0.25, -0.2) is 0 Å². The number of nitrogens with two attached hydrogens (primary N) is 1. The summed E-state index contributed by atoms with van der Waals surface area (Å²) in [5.41, 5.74) is 8.60. The van der Waals surface area contributed by atoms with Gasteiger partial charge >= 0.3 is 0 Å². The average Bonchev–Trinajstić information content (AvgIpc) is 2.58. The predicted molar refractivity (Wildman–Crippen MR) is 71.5 cm³/mol. The summed E-state index contributed by atoms with van der Waals surface area (Å²) in [5.74, 6) is 0.0239. The van der Waals surface area contributed by atoms with Gasteiger partial charge in [0, 0.05) is 30.0 Å². The minimum absolute atomic E-state index is 0.0239. The van der Waals surface area contributed by atoms with Gasteiger partial charge in [0.2, 0.25) is 0 Å². The van der Waals surface area contributed by atoms with Crippen LogP contribution in [0.1, 0.15) is 37.6 Å². The van der Waals surface area contributed by atoms with Crippen molar-refractivity contribution >= 4 is 17.2 Å². The summed E-state index contributed by atoms with van der Waals surface area (Å²) >= 11 is 0. The topological polar surface area (TPSA) is 46.3 Å². The van der Waals surface area contributed by atoms with E-state index < -0.39 is 0 Å². The van der Waals surface area contributed by atoms with E-state index in [1.165, 1.54) is 6.42 Å². The van der Waals surface area contributed by atoms with Crippen LogP contribution in [0.4, 0.5) is 11.4 Å². The molecular formula is C14H20N2O. The van der Waals surface area contributed by atoms with E-state index in [2.05, 4.69) is 18.7 Å². The lowest BCUT2D eigenvalue weighted by molar-refractivity contribution is 0.101. The van der Waals surface area contributed by atoms with Crippen molar-refractivity contribution in [2.45, 2.75) is 27.2 Å². The number of Topliss-reactive ketones (excluding diaryl/α,β-unsaturated/α-hetero) is 1. The monoisotopic (exact) mass is 232 g/mol. The van der Waals surface area contributed by atoms with Crippen molar-refractivity contribution in [3.8, 4) is 0 Å². The molecule has 0 bridgehead atoms. The zero-order valence-electron chi connectivity index (χ0n) is 10.8. The fraction of sp³-hybridized carbons (Fsp3) is 0.500. The number of nitrogen functional groups attached to an aromatic ring is 1. The van der Waals surface area contributed by atoms with Crippen molar-refractivity contribution in [2.24, 2.45) is 5.41 Å². The molecule has 1 aromatic rings. The third-order valence-corrected chi connectivity index (χ3v) is 3.46. The lowest BCUT2D eigenvalue weighted by Gasteiger charge is -2.22. The van der Waals surface area contributed by atoms with Crippen molar-refractivity contribution in [1.29, 1.82) is 0 Å². The number of rotatable bonds is 2. The van der Waals surface area contributed by atoms with E-state index in [4.69, 9.17) is 5.73 Å². The standard InChI is InChI=1S/C14H20N2O/c1-10(17)12-5-4-11(8-13(12)15)16-7-6-14(2,3)9-16/h4-5,8H,6-7,9,15H2,1-3H3. The first-order valence-electron chi connectivity index (χ1n) is 6.04. The summed E-state index contributed by atoms with van der Waals surface area (Å²) in [4.78, 5) is 13.6. The zero-order chi connectivity index (χ0) is 12.6. The molecule has 2 rings (SSSR count). The zero-order valence-corrected chi connectivity index (χ0v) is 10.8. The second kappa shape index (κ2) is 4.06. The van der Waals surface area contributed by atoms with Crippen LogP contribution >= 0.6 is 0 Å². The molecular weight excluding hydrogens is 212 g/mol. The van der Waals surface area contributed by atoms with Gasteiger partial charge in [-0.1, -0.05) is 13.8 Å². The highest BCUT2D eigenvalue weighted by Crippen LogP contribution is 2.33. The van der Waals surface area contributed by atoms with Gasteiger partial charge in [-0.15, -0.1) is 0 Å². The van der Waals surface area contributed by atoms with Crippen LogP contribution < -0.4 is 10.6 Å². The molecule has 1 saturated heterocycles. The third-order valence-electron chi connectivity index (χ3n) is 3.46. The second-order valence-corrected chi connectivity index (χ2v) is 5.66. The van der Waals surface area contributed by atoms with Crippen LogP contribution in [-0.2, 0) is 0 Å². The summed E-state index contributed by atoms with van der Waals surface area (Å²) in [6.45, 7) is 8.21. The number of carbonyl (C=O) groups is 1. The normalized spacial score (nSPS) is 18.4. The Morgan fingerprint density at radius 2 is 2.12 bits per heavy atom. The molecule has 1 aliphatic heterocycles. The molecule has 1 fully saturated rings. The molecule has 1 aliphatic rings. The highest BCUT2D eigenvalue weighted by atomic mass is 16.1. The summed E-state index contributed by atoms with van der Waals surface area (Å²) < 4.78 is 0.